The Balaban J connectivity index is 1.50. The van der Waals surface area contributed by atoms with E-state index in [1.165, 1.54) is 6.07 Å². The lowest BCUT2D eigenvalue weighted by Crippen LogP contribution is -2.53. The van der Waals surface area contributed by atoms with Gasteiger partial charge < -0.3 is 14.6 Å². The van der Waals surface area contributed by atoms with Gasteiger partial charge >= 0.3 is 6.18 Å². The molecule has 0 saturated heterocycles. The maximum atomic E-state index is 14.3. The van der Waals surface area contributed by atoms with Gasteiger partial charge in [-0.3, -0.25) is 10.2 Å². The van der Waals surface area contributed by atoms with Crippen LogP contribution >= 0.6 is 31.9 Å². The Morgan fingerprint density at radius 3 is 2.41 bits per heavy atom. The van der Waals surface area contributed by atoms with Crippen molar-refractivity contribution in [1.82, 2.24) is 10.9 Å². The number of aliphatic imine (C=N–C) groups is 1. The molecule has 0 spiro atoms. The lowest BCUT2D eigenvalue weighted by Gasteiger charge is -2.31. The standard InChI is InChI=1S/C34H30Br2F3N3O4/c35-27-13-9-23(10-14-27)30-33(20-25-6-1-2-8-29(25)36,32(44)42-40-21-22-5-3-7-26(19-22)34(37,38)39)41-31(46-30)24-11-15-28(16-12-24)45-18-4-17-43/h1-3,5-16,19,30,40,43H,4,17-18,20-21H2,(H,42,44)/t30-,33-/m0/s1. The van der Waals surface area contributed by atoms with Gasteiger partial charge in [-0.15, -0.1) is 0 Å². The molecular weight excluding hydrogens is 731 g/mol. The van der Waals surface area contributed by atoms with Crippen molar-refractivity contribution < 1.29 is 32.5 Å². The summed E-state index contributed by atoms with van der Waals surface area (Å²) in [4.78, 5) is 19.3. The van der Waals surface area contributed by atoms with Crippen LogP contribution in [0.15, 0.2) is 111 Å². The number of hydrogen-bond acceptors (Lipinski definition) is 6. The Kier molecular flexibility index (Phi) is 10.8. The van der Waals surface area contributed by atoms with Crippen LogP contribution in [-0.2, 0) is 28.7 Å². The van der Waals surface area contributed by atoms with Crippen LogP contribution in [0.1, 0.15) is 40.3 Å². The predicted molar refractivity (Wildman–Crippen MR) is 175 cm³/mol. The molecule has 0 radical (unpaired) electrons. The number of aliphatic hydroxyl groups excluding tert-OH is 1. The third kappa shape index (κ3) is 7.98. The van der Waals surface area contributed by atoms with Crippen LogP contribution in [0.5, 0.6) is 5.75 Å². The van der Waals surface area contributed by atoms with Gasteiger partial charge in [-0.05, 0) is 65.2 Å². The molecule has 46 heavy (non-hydrogen) atoms. The summed E-state index contributed by atoms with van der Waals surface area (Å²) in [6.07, 6.45) is -4.71. The molecule has 1 amide bonds. The molecule has 1 heterocycles. The molecule has 4 aromatic carbocycles. The number of hydrazine groups is 1. The summed E-state index contributed by atoms with van der Waals surface area (Å²) in [5, 5.41) is 9.04. The number of alkyl halides is 3. The zero-order valence-corrected chi connectivity index (χ0v) is 27.5. The zero-order chi connectivity index (χ0) is 32.7. The summed E-state index contributed by atoms with van der Waals surface area (Å²) < 4.78 is 53.6. The van der Waals surface area contributed by atoms with Crippen LogP contribution in [0.4, 0.5) is 13.2 Å². The number of aliphatic hydroxyl groups is 1. The fourth-order valence-electron chi connectivity index (χ4n) is 5.04. The maximum Gasteiger partial charge on any atom is 0.416 e. The summed E-state index contributed by atoms with van der Waals surface area (Å²) in [6.45, 7) is 0.331. The molecule has 0 saturated carbocycles. The highest BCUT2D eigenvalue weighted by molar-refractivity contribution is 9.10. The van der Waals surface area contributed by atoms with E-state index in [0.29, 0.717) is 35.5 Å². The SMILES string of the molecule is O=C(NNCc1cccc(C(F)(F)F)c1)[C@@]1(Cc2ccccc2Br)N=C(c2ccc(OCCCO)cc2)O[C@H]1c1ccc(Br)cc1. The highest BCUT2D eigenvalue weighted by Gasteiger charge is 2.53. The van der Waals surface area contributed by atoms with Crippen LogP contribution in [0.3, 0.4) is 0 Å². The molecule has 4 aromatic rings. The molecule has 0 aliphatic carbocycles. The van der Waals surface area contributed by atoms with Gasteiger partial charge in [0.15, 0.2) is 11.6 Å². The largest absolute Gasteiger partial charge is 0.494 e. The molecule has 1 aliphatic heterocycles. The van der Waals surface area contributed by atoms with Crippen LogP contribution < -0.4 is 15.6 Å². The number of nitrogens with one attached hydrogen (secondary N) is 2. The number of carbonyl (C=O) groups excluding carboxylic acids is 1. The molecule has 1 aliphatic rings. The van der Waals surface area contributed by atoms with Crippen molar-refractivity contribution in [3.05, 3.63) is 134 Å². The fourth-order valence-corrected chi connectivity index (χ4v) is 5.73. The van der Waals surface area contributed by atoms with E-state index < -0.39 is 29.3 Å². The van der Waals surface area contributed by atoms with E-state index in [4.69, 9.17) is 19.6 Å². The molecule has 240 valence electrons. The van der Waals surface area contributed by atoms with E-state index in [-0.39, 0.29) is 25.5 Å². The van der Waals surface area contributed by atoms with Crippen molar-refractivity contribution in [1.29, 1.82) is 0 Å². The van der Waals surface area contributed by atoms with E-state index >= 15 is 0 Å². The quantitative estimate of drug-likeness (QED) is 0.104. The number of halogens is 5. The van der Waals surface area contributed by atoms with Crippen molar-refractivity contribution in [2.75, 3.05) is 13.2 Å². The van der Waals surface area contributed by atoms with Gasteiger partial charge in [0.2, 0.25) is 5.90 Å². The molecule has 7 nitrogen and oxygen atoms in total. The fraction of sp³-hybridized carbons (Fsp3) is 0.235. The number of carbonyl (C=O) groups is 1. The van der Waals surface area contributed by atoms with Crippen LogP contribution in [0.25, 0.3) is 0 Å². The highest BCUT2D eigenvalue weighted by Crippen LogP contribution is 2.43. The minimum Gasteiger partial charge on any atom is -0.494 e. The Hall–Kier alpha value is -3.71. The number of amides is 1. The highest BCUT2D eigenvalue weighted by atomic mass is 79.9. The normalized spacial score (nSPS) is 17.7. The Morgan fingerprint density at radius 2 is 1.72 bits per heavy atom. The molecule has 2 atom stereocenters. The van der Waals surface area contributed by atoms with E-state index in [1.54, 1.807) is 30.3 Å². The van der Waals surface area contributed by atoms with Crippen molar-refractivity contribution in [2.24, 2.45) is 4.99 Å². The smallest absolute Gasteiger partial charge is 0.416 e. The van der Waals surface area contributed by atoms with E-state index in [1.807, 2.05) is 48.5 Å². The van der Waals surface area contributed by atoms with Crippen molar-refractivity contribution in [2.45, 2.75) is 37.2 Å². The van der Waals surface area contributed by atoms with Crippen molar-refractivity contribution in [3.63, 3.8) is 0 Å². The summed E-state index contributed by atoms with van der Waals surface area (Å²) in [7, 11) is 0. The van der Waals surface area contributed by atoms with Gasteiger partial charge in [0, 0.05) is 40.5 Å². The number of hydrogen-bond donors (Lipinski definition) is 3. The number of nitrogens with zero attached hydrogens (tertiary/aromatic N) is 1. The molecule has 0 bridgehead atoms. The molecular formula is C34H30Br2F3N3O4. The van der Waals surface area contributed by atoms with E-state index in [2.05, 4.69) is 42.7 Å². The van der Waals surface area contributed by atoms with Crippen molar-refractivity contribution >= 4 is 43.7 Å². The zero-order valence-electron chi connectivity index (χ0n) is 24.4. The first kappa shape index (κ1) is 33.6. The third-order valence-electron chi connectivity index (χ3n) is 7.37. The first-order valence-corrected chi connectivity index (χ1v) is 16.0. The minimum atomic E-state index is -4.49. The average molecular weight is 761 g/mol. The van der Waals surface area contributed by atoms with Crippen LogP contribution in [0.2, 0.25) is 0 Å². The average Bonchev–Trinajstić information content (AvgIpc) is 3.43. The predicted octanol–water partition coefficient (Wildman–Crippen LogP) is 7.31. The molecule has 0 unspecified atom stereocenters. The summed E-state index contributed by atoms with van der Waals surface area (Å²) in [5.41, 5.74) is 5.68. The second-order valence-electron chi connectivity index (χ2n) is 10.6. The van der Waals surface area contributed by atoms with Gasteiger partial charge in [-0.1, -0.05) is 80.4 Å². The van der Waals surface area contributed by atoms with Crippen LogP contribution in [0, 0.1) is 0 Å². The lowest BCUT2D eigenvalue weighted by atomic mass is 9.82. The number of benzene rings is 4. The molecule has 5 rings (SSSR count). The van der Waals surface area contributed by atoms with E-state index in [0.717, 1.165) is 26.6 Å². The van der Waals surface area contributed by atoms with Gasteiger partial charge in [0.1, 0.15) is 5.75 Å². The summed E-state index contributed by atoms with van der Waals surface area (Å²) >= 11 is 7.06. The maximum absolute atomic E-state index is 14.3. The first-order valence-electron chi connectivity index (χ1n) is 14.4. The number of ether oxygens (including phenoxy) is 2. The second-order valence-corrected chi connectivity index (χ2v) is 12.4. The monoisotopic (exact) mass is 759 g/mol. The second kappa shape index (κ2) is 14.8. The van der Waals surface area contributed by atoms with Gasteiger partial charge in [0.25, 0.3) is 5.91 Å². The van der Waals surface area contributed by atoms with Crippen molar-refractivity contribution in [3.8, 4) is 5.75 Å². The summed E-state index contributed by atoms with van der Waals surface area (Å²) in [6, 6.07) is 26.9. The Morgan fingerprint density at radius 1 is 0.978 bits per heavy atom. The molecule has 3 N–H and O–H groups in total. The third-order valence-corrected chi connectivity index (χ3v) is 8.67. The minimum absolute atomic E-state index is 0.0245. The molecule has 12 heteroatoms. The topological polar surface area (TPSA) is 92.2 Å². The van der Waals surface area contributed by atoms with E-state index in [9.17, 15) is 18.0 Å². The van der Waals surface area contributed by atoms with Gasteiger partial charge in [-0.2, -0.15) is 13.2 Å². The summed E-state index contributed by atoms with van der Waals surface area (Å²) in [5.74, 6) is 0.327. The Labute approximate surface area is 281 Å². The van der Waals surface area contributed by atoms with Crippen LogP contribution in [-0.4, -0.2) is 35.7 Å². The van der Waals surface area contributed by atoms with Gasteiger partial charge in [0.05, 0.1) is 12.2 Å². The number of rotatable bonds is 12. The first-order chi connectivity index (χ1) is 22.1. The van der Waals surface area contributed by atoms with Gasteiger partial charge in [-0.25, -0.2) is 10.4 Å². The molecule has 0 aromatic heterocycles. The lowest BCUT2D eigenvalue weighted by molar-refractivity contribution is -0.137. The Bertz CT molecular complexity index is 1680. The molecule has 0 fully saturated rings.